The average Bonchev–Trinajstić information content (AvgIpc) is 2.23. The zero-order valence-corrected chi connectivity index (χ0v) is 8.07. The first-order valence-electron chi connectivity index (χ1n) is 4.54. The summed E-state index contributed by atoms with van der Waals surface area (Å²) in [6.45, 7) is 1.97. The Hall–Kier alpha value is -1.83. The number of pyridine rings is 1. The number of nitrogen functional groups attached to an aromatic ring is 1. The first kappa shape index (κ1) is 8.75. The standard InChI is InChI=1S/C12H12N2/c1-9-7-14-8-11(12(9)13)10-5-3-2-4-6-10/h2-8H,1H3,(H2,13,14). The van der Waals surface area contributed by atoms with Crippen LogP contribution in [0.25, 0.3) is 11.1 Å². The Balaban J connectivity index is 2.58. The highest BCUT2D eigenvalue weighted by Gasteiger charge is 2.03. The SMILES string of the molecule is Cc1cncc(-c2ccccc2)c1N. The highest BCUT2D eigenvalue weighted by Crippen LogP contribution is 2.26. The second-order valence-electron chi connectivity index (χ2n) is 3.28. The molecule has 1 heterocycles. The number of aryl methyl sites for hydroxylation is 1. The highest BCUT2D eigenvalue weighted by atomic mass is 14.7. The summed E-state index contributed by atoms with van der Waals surface area (Å²) in [5, 5.41) is 0. The van der Waals surface area contributed by atoms with Gasteiger partial charge in [-0.15, -0.1) is 0 Å². The fraction of sp³-hybridized carbons (Fsp3) is 0.0833. The molecule has 1 aromatic heterocycles. The van der Waals surface area contributed by atoms with Gasteiger partial charge in [0, 0.05) is 23.6 Å². The first-order valence-corrected chi connectivity index (χ1v) is 4.54. The van der Waals surface area contributed by atoms with Crippen molar-refractivity contribution in [3.8, 4) is 11.1 Å². The maximum atomic E-state index is 5.97. The van der Waals surface area contributed by atoms with Crippen LogP contribution in [0.4, 0.5) is 5.69 Å². The molecule has 2 aromatic rings. The van der Waals surface area contributed by atoms with E-state index >= 15 is 0 Å². The van der Waals surface area contributed by atoms with Gasteiger partial charge in [0.15, 0.2) is 0 Å². The molecule has 0 aliphatic heterocycles. The Morgan fingerprint density at radius 2 is 1.79 bits per heavy atom. The summed E-state index contributed by atoms with van der Waals surface area (Å²) in [6, 6.07) is 10.1. The second-order valence-corrected chi connectivity index (χ2v) is 3.28. The topological polar surface area (TPSA) is 38.9 Å². The largest absolute Gasteiger partial charge is 0.398 e. The number of benzene rings is 1. The lowest BCUT2D eigenvalue weighted by Crippen LogP contribution is -1.94. The van der Waals surface area contributed by atoms with Crippen LogP contribution in [0.1, 0.15) is 5.56 Å². The molecular formula is C12H12N2. The minimum absolute atomic E-state index is 0.811. The van der Waals surface area contributed by atoms with Crippen LogP contribution in [-0.2, 0) is 0 Å². The summed E-state index contributed by atoms with van der Waals surface area (Å²) >= 11 is 0. The Labute approximate surface area is 83.4 Å². The maximum Gasteiger partial charge on any atom is 0.0454 e. The smallest absolute Gasteiger partial charge is 0.0454 e. The molecule has 0 saturated heterocycles. The summed E-state index contributed by atoms with van der Waals surface area (Å²) in [5.74, 6) is 0. The molecule has 0 unspecified atom stereocenters. The van der Waals surface area contributed by atoms with Crippen LogP contribution in [0.5, 0.6) is 0 Å². The van der Waals surface area contributed by atoms with Crippen molar-refractivity contribution < 1.29 is 0 Å². The van der Waals surface area contributed by atoms with E-state index in [0.29, 0.717) is 0 Å². The molecule has 0 radical (unpaired) electrons. The lowest BCUT2D eigenvalue weighted by atomic mass is 10.0. The molecule has 0 atom stereocenters. The molecular weight excluding hydrogens is 172 g/mol. The summed E-state index contributed by atoms with van der Waals surface area (Å²) in [7, 11) is 0. The zero-order valence-electron chi connectivity index (χ0n) is 8.07. The van der Waals surface area contributed by atoms with Crippen LogP contribution in [0.3, 0.4) is 0 Å². The Morgan fingerprint density at radius 3 is 2.50 bits per heavy atom. The van der Waals surface area contributed by atoms with Gasteiger partial charge >= 0.3 is 0 Å². The molecule has 14 heavy (non-hydrogen) atoms. The van der Waals surface area contributed by atoms with Gasteiger partial charge in [-0.2, -0.15) is 0 Å². The van der Waals surface area contributed by atoms with E-state index in [4.69, 9.17) is 5.73 Å². The minimum Gasteiger partial charge on any atom is -0.398 e. The molecule has 70 valence electrons. The molecule has 0 aliphatic rings. The van der Waals surface area contributed by atoms with Crippen molar-refractivity contribution in [2.45, 2.75) is 6.92 Å². The van der Waals surface area contributed by atoms with Gasteiger partial charge < -0.3 is 5.73 Å². The van der Waals surface area contributed by atoms with E-state index in [-0.39, 0.29) is 0 Å². The summed E-state index contributed by atoms with van der Waals surface area (Å²) in [6.07, 6.45) is 3.58. The number of nitrogens with two attached hydrogens (primary N) is 1. The molecule has 1 aromatic carbocycles. The van der Waals surface area contributed by atoms with Crippen molar-refractivity contribution in [1.82, 2.24) is 4.98 Å². The number of nitrogens with zero attached hydrogens (tertiary/aromatic N) is 1. The molecule has 2 N–H and O–H groups in total. The van der Waals surface area contributed by atoms with E-state index in [0.717, 1.165) is 22.4 Å². The fourth-order valence-corrected chi connectivity index (χ4v) is 1.42. The molecule has 0 fully saturated rings. The van der Waals surface area contributed by atoms with Crippen molar-refractivity contribution in [1.29, 1.82) is 0 Å². The van der Waals surface area contributed by atoms with Gasteiger partial charge in [-0.3, -0.25) is 4.98 Å². The third kappa shape index (κ3) is 1.46. The molecule has 2 nitrogen and oxygen atoms in total. The van der Waals surface area contributed by atoms with Gasteiger partial charge in [0.2, 0.25) is 0 Å². The lowest BCUT2D eigenvalue weighted by Gasteiger charge is -2.06. The van der Waals surface area contributed by atoms with Crippen LogP contribution in [0.15, 0.2) is 42.7 Å². The predicted octanol–water partition coefficient (Wildman–Crippen LogP) is 2.64. The number of rotatable bonds is 1. The van der Waals surface area contributed by atoms with E-state index in [1.165, 1.54) is 0 Å². The summed E-state index contributed by atoms with van der Waals surface area (Å²) < 4.78 is 0. The van der Waals surface area contributed by atoms with Gasteiger partial charge in [0.1, 0.15) is 0 Å². The number of hydrogen-bond acceptors (Lipinski definition) is 2. The quantitative estimate of drug-likeness (QED) is 0.740. The fourth-order valence-electron chi connectivity index (χ4n) is 1.42. The van der Waals surface area contributed by atoms with Crippen molar-refractivity contribution in [3.63, 3.8) is 0 Å². The van der Waals surface area contributed by atoms with Crippen molar-refractivity contribution >= 4 is 5.69 Å². The molecule has 2 heteroatoms. The summed E-state index contributed by atoms with van der Waals surface area (Å²) in [4.78, 5) is 4.14. The van der Waals surface area contributed by atoms with Crippen molar-refractivity contribution in [2.75, 3.05) is 5.73 Å². The van der Waals surface area contributed by atoms with E-state index in [2.05, 4.69) is 4.98 Å². The van der Waals surface area contributed by atoms with Gasteiger partial charge in [0.05, 0.1) is 0 Å². The van der Waals surface area contributed by atoms with Gasteiger partial charge in [-0.05, 0) is 18.1 Å². The Kier molecular flexibility index (Phi) is 2.19. The monoisotopic (exact) mass is 184 g/mol. The molecule has 2 rings (SSSR count). The number of anilines is 1. The minimum atomic E-state index is 0.811. The predicted molar refractivity (Wildman–Crippen MR) is 58.8 cm³/mol. The van der Waals surface area contributed by atoms with Crippen molar-refractivity contribution in [2.24, 2.45) is 0 Å². The van der Waals surface area contributed by atoms with Crippen LogP contribution in [0, 0.1) is 6.92 Å². The van der Waals surface area contributed by atoms with Gasteiger partial charge in [-0.1, -0.05) is 30.3 Å². The lowest BCUT2D eigenvalue weighted by molar-refractivity contribution is 1.27. The van der Waals surface area contributed by atoms with Crippen LogP contribution >= 0.6 is 0 Å². The Morgan fingerprint density at radius 1 is 1.07 bits per heavy atom. The molecule has 0 saturated carbocycles. The third-order valence-electron chi connectivity index (χ3n) is 2.27. The first-order chi connectivity index (χ1) is 6.79. The normalized spacial score (nSPS) is 10.1. The van der Waals surface area contributed by atoms with Crippen molar-refractivity contribution in [3.05, 3.63) is 48.3 Å². The third-order valence-corrected chi connectivity index (χ3v) is 2.27. The maximum absolute atomic E-state index is 5.97. The van der Waals surface area contributed by atoms with Crippen LogP contribution in [-0.4, -0.2) is 4.98 Å². The molecule has 0 aliphatic carbocycles. The van der Waals surface area contributed by atoms with Crippen LogP contribution < -0.4 is 5.73 Å². The van der Waals surface area contributed by atoms with E-state index in [1.54, 1.807) is 12.4 Å². The Bertz CT molecular complexity index is 435. The number of hydrogen-bond donors (Lipinski definition) is 1. The van der Waals surface area contributed by atoms with E-state index < -0.39 is 0 Å². The molecule has 0 amide bonds. The van der Waals surface area contributed by atoms with E-state index in [1.807, 2.05) is 37.3 Å². The highest BCUT2D eigenvalue weighted by molar-refractivity contribution is 5.77. The average molecular weight is 184 g/mol. The zero-order chi connectivity index (χ0) is 9.97. The number of aromatic nitrogens is 1. The molecule has 0 bridgehead atoms. The van der Waals surface area contributed by atoms with E-state index in [9.17, 15) is 0 Å². The van der Waals surface area contributed by atoms with Gasteiger partial charge in [-0.25, -0.2) is 0 Å². The van der Waals surface area contributed by atoms with Crippen LogP contribution in [0.2, 0.25) is 0 Å². The molecule has 0 spiro atoms. The van der Waals surface area contributed by atoms with Gasteiger partial charge in [0.25, 0.3) is 0 Å². The second kappa shape index (κ2) is 3.50. The summed E-state index contributed by atoms with van der Waals surface area (Å²) in [5.41, 5.74) is 9.92.